The summed E-state index contributed by atoms with van der Waals surface area (Å²) in [6, 6.07) is 0. The first-order chi connectivity index (χ1) is 7.56. The van der Waals surface area contributed by atoms with Crippen LogP contribution in [0.1, 0.15) is 44.9 Å². The van der Waals surface area contributed by atoms with Gasteiger partial charge in [0.25, 0.3) is 0 Å². The van der Waals surface area contributed by atoms with Gasteiger partial charge >= 0.3 is 11.9 Å². The Morgan fingerprint density at radius 1 is 1.00 bits per heavy atom. The molecule has 0 aliphatic rings. The number of unbranched alkanes of at least 4 members (excludes halogenated alkanes) is 1. The average Bonchev–Trinajstić information content (AvgIpc) is 2.20. The normalized spacial score (nSPS) is 12.0. The Balaban J connectivity index is 3.55. The standard InChI is InChI=1S/C12H20O4/c1-2-10(7-5-9-12(15)16)6-3-4-8-11(13)14/h2,10H,1,3-9H2,(H,13,14)(H,15,16). The molecule has 0 saturated heterocycles. The Labute approximate surface area is 96.0 Å². The first-order valence-corrected chi connectivity index (χ1v) is 5.62. The van der Waals surface area contributed by atoms with Crippen LogP contribution in [0.2, 0.25) is 0 Å². The molecule has 0 aromatic carbocycles. The Morgan fingerprint density at radius 3 is 2.00 bits per heavy atom. The molecule has 0 saturated carbocycles. The number of allylic oxidation sites excluding steroid dienone is 1. The van der Waals surface area contributed by atoms with Crippen LogP contribution in [0.5, 0.6) is 0 Å². The molecule has 92 valence electrons. The zero-order valence-electron chi connectivity index (χ0n) is 9.52. The summed E-state index contributed by atoms with van der Waals surface area (Å²) < 4.78 is 0. The van der Waals surface area contributed by atoms with Crippen LogP contribution in [0.15, 0.2) is 12.7 Å². The maximum atomic E-state index is 10.3. The van der Waals surface area contributed by atoms with Crippen LogP contribution < -0.4 is 0 Å². The second-order valence-corrected chi connectivity index (χ2v) is 3.92. The van der Waals surface area contributed by atoms with E-state index in [4.69, 9.17) is 10.2 Å². The molecule has 0 heterocycles. The Bertz CT molecular complexity index is 235. The molecule has 4 nitrogen and oxygen atoms in total. The van der Waals surface area contributed by atoms with Gasteiger partial charge in [-0.05, 0) is 31.6 Å². The molecule has 0 aliphatic carbocycles. The van der Waals surface area contributed by atoms with Crippen LogP contribution in [0.25, 0.3) is 0 Å². The minimum atomic E-state index is -0.770. The lowest BCUT2D eigenvalue weighted by atomic mass is 9.95. The Morgan fingerprint density at radius 2 is 1.50 bits per heavy atom. The van der Waals surface area contributed by atoms with E-state index >= 15 is 0 Å². The predicted octanol–water partition coefficient (Wildman–Crippen LogP) is 2.69. The SMILES string of the molecule is C=CC(CCCCC(=O)O)CCCC(=O)O. The van der Waals surface area contributed by atoms with Crippen molar-refractivity contribution in [3.8, 4) is 0 Å². The molecular formula is C12H20O4. The molecule has 2 N–H and O–H groups in total. The molecule has 16 heavy (non-hydrogen) atoms. The maximum Gasteiger partial charge on any atom is 0.303 e. The van der Waals surface area contributed by atoms with Crippen LogP contribution in [-0.4, -0.2) is 22.2 Å². The summed E-state index contributed by atoms with van der Waals surface area (Å²) >= 11 is 0. The first kappa shape index (κ1) is 14.7. The molecule has 0 fully saturated rings. The monoisotopic (exact) mass is 228 g/mol. The molecule has 0 amide bonds. The summed E-state index contributed by atoms with van der Waals surface area (Å²) in [6.45, 7) is 3.71. The number of carboxylic acid groups (broad SMARTS) is 2. The number of hydrogen-bond acceptors (Lipinski definition) is 2. The van der Waals surface area contributed by atoms with E-state index in [2.05, 4.69) is 6.58 Å². The van der Waals surface area contributed by atoms with Gasteiger partial charge in [-0.2, -0.15) is 0 Å². The molecule has 0 aromatic heterocycles. The van der Waals surface area contributed by atoms with Crippen molar-refractivity contribution in [2.75, 3.05) is 0 Å². The quantitative estimate of drug-likeness (QED) is 0.445. The van der Waals surface area contributed by atoms with Crippen molar-refractivity contribution in [1.29, 1.82) is 0 Å². The summed E-state index contributed by atoms with van der Waals surface area (Å²) in [5.41, 5.74) is 0. The van der Waals surface area contributed by atoms with Crippen LogP contribution in [-0.2, 0) is 9.59 Å². The molecule has 4 heteroatoms. The fraction of sp³-hybridized carbons (Fsp3) is 0.667. The van der Waals surface area contributed by atoms with Gasteiger partial charge in [-0.3, -0.25) is 9.59 Å². The third-order valence-corrected chi connectivity index (χ3v) is 2.51. The van der Waals surface area contributed by atoms with Gasteiger partial charge in [0, 0.05) is 12.8 Å². The number of aliphatic carboxylic acids is 2. The molecular weight excluding hydrogens is 208 g/mol. The lowest BCUT2D eigenvalue weighted by Gasteiger charge is -2.10. The first-order valence-electron chi connectivity index (χ1n) is 5.62. The van der Waals surface area contributed by atoms with Crippen molar-refractivity contribution in [2.45, 2.75) is 44.9 Å². The molecule has 1 atom stereocenters. The van der Waals surface area contributed by atoms with E-state index in [1.807, 2.05) is 6.08 Å². The van der Waals surface area contributed by atoms with Gasteiger partial charge in [0.2, 0.25) is 0 Å². The summed E-state index contributed by atoms with van der Waals surface area (Å²) in [7, 11) is 0. The molecule has 0 aliphatic heterocycles. The van der Waals surface area contributed by atoms with Crippen molar-refractivity contribution in [3.05, 3.63) is 12.7 Å². The third kappa shape index (κ3) is 9.24. The molecule has 0 bridgehead atoms. The van der Waals surface area contributed by atoms with E-state index < -0.39 is 11.9 Å². The van der Waals surface area contributed by atoms with Crippen molar-refractivity contribution in [3.63, 3.8) is 0 Å². The van der Waals surface area contributed by atoms with Gasteiger partial charge in [-0.25, -0.2) is 0 Å². The molecule has 1 unspecified atom stereocenters. The van der Waals surface area contributed by atoms with E-state index in [-0.39, 0.29) is 12.8 Å². The van der Waals surface area contributed by atoms with E-state index in [1.54, 1.807) is 0 Å². The fourth-order valence-electron chi connectivity index (χ4n) is 1.58. The molecule has 0 spiro atoms. The highest BCUT2D eigenvalue weighted by Gasteiger charge is 2.06. The zero-order valence-corrected chi connectivity index (χ0v) is 9.52. The largest absolute Gasteiger partial charge is 0.481 e. The maximum absolute atomic E-state index is 10.3. The minimum Gasteiger partial charge on any atom is -0.481 e. The highest BCUT2D eigenvalue weighted by atomic mass is 16.4. The minimum absolute atomic E-state index is 0.194. The van der Waals surface area contributed by atoms with E-state index in [1.165, 1.54) is 0 Å². The zero-order chi connectivity index (χ0) is 12.4. The van der Waals surface area contributed by atoms with Gasteiger partial charge in [-0.1, -0.05) is 12.5 Å². The smallest absolute Gasteiger partial charge is 0.303 e. The second-order valence-electron chi connectivity index (χ2n) is 3.92. The topological polar surface area (TPSA) is 74.6 Å². The number of rotatable bonds is 10. The lowest BCUT2D eigenvalue weighted by molar-refractivity contribution is -0.138. The fourth-order valence-corrected chi connectivity index (χ4v) is 1.58. The van der Waals surface area contributed by atoms with Gasteiger partial charge < -0.3 is 10.2 Å². The summed E-state index contributed by atoms with van der Waals surface area (Å²) in [5.74, 6) is -1.22. The van der Waals surface area contributed by atoms with Crippen LogP contribution >= 0.6 is 0 Å². The van der Waals surface area contributed by atoms with E-state index in [0.717, 1.165) is 19.3 Å². The molecule has 0 aromatic rings. The van der Waals surface area contributed by atoms with Crippen LogP contribution in [0, 0.1) is 5.92 Å². The van der Waals surface area contributed by atoms with E-state index in [0.29, 0.717) is 18.8 Å². The van der Waals surface area contributed by atoms with E-state index in [9.17, 15) is 9.59 Å². The lowest BCUT2D eigenvalue weighted by Crippen LogP contribution is -2.01. The molecule has 0 rings (SSSR count). The number of carboxylic acids is 2. The van der Waals surface area contributed by atoms with Gasteiger partial charge in [0.1, 0.15) is 0 Å². The highest BCUT2D eigenvalue weighted by molar-refractivity contribution is 5.66. The van der Waals surface area contributed by atoms with Crippen molar-refractivity contribution in [1.82, 2.24) is 0 Å². The van der Waals surface area contributed by atoms with Gasteiger partial charge in [0.05, 0.1) is 0 Å². The number of carbonyl (C=O) groups is 2. The second kappa shape index (κ2) is 8.95. The average molecular weight is 228 g/mol. The van der Waals surface area contributed by atoms with Gasteiger partial charge in [0.15, 0.2) is 0 Å². The van der Waals surface area contributed by atoms with Crippen LogP contribution in [0.3, 0.4) is 0 Å². The Hall–Kier alpha value is -1.32. The van der Waals surface area contributed by atoms with Crippen molar-refractivity contribution in [2.24, 2.45) is 5.92 Å². The highest BCUT2D eigenvalue weighted by Crippen LogP contribution is 2.17. The Kier molecular flexibility index (Phi) is 8.21. The summed E-state index contributed by atoms with van der Waals surface area (Å²) in [6.07, 6.45) is 6.15. The molecule has 0 radical (unpaired) electrons. The number of hydrogen-bond donors (Lipinski definition) is 2. The van der Waals surface area contributed by atoms with Gasteiger partial charge in [-0.15, -0.1) is 6.58 Å². The van der Waals surface area contributed by atoms with Crippen molar-refractivity contribution >= 4 is 11.9 Å². The van der Waals surface area contributed by atoms with Crippen molar-refractivity contribution < 1.29 is 19.8 Å². The summed E-state index contributed by atoms with van der Waals surface area (Å²) in [5, 5.41) is 16.9. The predicted molar refractivity (Wildman–Crippen MR) is 61.3 cm³/mol. The third-order valence-electron chi connectivity index (χ3n) is 2.51. The summed E-state index contributed by atoms with van der Waals surface area (Å²) in [4.78, 5) is 20.6. The van der Waals surface area contributed by atoms with Crippen LogP contribution in [0.4, 0.5) is 0 Å².